The molecule has 2 atom stereocenters. The van der Waals surface area contributed by atoms with Crippen LogP contribution in [0.1, 0.15) is 17.0 Å². The Labute approximate surface area is 231 Å². The van der Waals surface area contributed by atoms with Crippen molar-refractivity contribution in [3.05, 3.63) is 82.9 Å². The van der Waals surface area contributed by atoms with Gasteiger partial charge in [-0.15, -0.1) is 0 Å². The number of hydrogen-bond acceptors (Lipinski definition) is 5. The lowest BCUT2D eigenvalue weighted by atomic mass is 9.94. The van der Waals surface area contributed by atoms with Crippen molar-refractivity contribution in [1.82, 2.24) is 29.8 Å². The van der Waals surface area contributed by atoms with Crippen LogP contribution in [0.3, 0.4) is 0 Å². The molecule has 0 radical (unpaired) electrons. The fourth-order valence-corrected chi connectivity index (χ4v) is 5.32. The summed E-state index contributed by atoms with van der Waals surface area (Å²) in [7, 11) is 3.50. The van der Waals surface area contributed by atoms with Gasteiger partial charge in [-0.05, 0) is 42.8 Å². The highest BCUT2D eigenvalue weighted by atomic mass is 35.5. The standard InChI is InChI=1S/C28H31ClFN7O2/c1-18-26(20-14-31-35(2)15-20)34-37(23-7-5-4-6-8-23)27(18)33-28(38)32-25-17-36(9-10-39-3)16-24(25)19-11-21(29)13-22(30)12-19/h4-8,11-15,24-25H,9-10,16-17H2,1-3H3,(H2,32,33,38)/t24-,25+/m0/s1. The molecule has 39 heavy (non-hydrogen) atoms. The minimum absolute atomic E-state index is 0.146. The van der Waals surface area contributed by atoms with Gasteiger partial charge in [0.1, 0.15) is 17.3 Å². The molecule has 0 saturated carbocycles. The first kappa shape index (κ1) is 26.9. The zero-order valence-electron chi connectivity index (χ0n) is 22.1. The lowest BCUT2D eigenvalue weighted by Crippen LogP contribution is -2.42. The number of urea groups is 1. The van der Waals surface area contributed by atoms with E-state index in [0.717, 1.165) is 28.1 Å². The van der Waals surface area contributed by atoms with E-state index >= 15 is 0 Å². The molecule has 4 aromatic rings. The van der Waals surface area contributed by atoms with E-state index in [1.165, 1.54) is 12.1 Å². The van der Waals surface area contributed by atoms with Gasteiger partial charge in [-0.1, -0.05) is 29.8 Å². The number of para-hydroxylation sites is 1. The number of methoxy groups -OCH3 is 1. The third kappa shape index (κ3) is 5.98. The normalized spacial score (nSPS) is 17.5. The largest absolute Gasteiger partial charge is 0.383 e. The van der Waals surface area contributed by atoms with E-state index < -0.39 is 5.82 Å². The van der Waals surface area contributed by atoms with Crippen LogP contribution in [0, 0.1) is 12.7 Å². The highest BCUT2D eigenvalue weighted by molar-refractivity contribution is 6.30. The van der Waals surface area contributed by atoms with Crippen LogP contribution in [-0.2, 0) is 11.8 Å². The van der Waals surface area contributed by atoms with Crippen LogP contribution >= 0.6 is 11.6 Å². The van der Waals surface area contributed by atoms with Crippen molar-refractivity contribution in [3.63, 3.8) is 0 Å². The molecular weight excluding hydrogens is 521 g/mol. The SMILES string of the molecule is COCCN1C[C@@H](NC(=O)Nc2c(C)c(-c3cnn(C)c3)nn2-c2ccccc2)[C@H](c2cc(F)cc(Cl)c2)C1. The summed E-state index contributed by atoms with van der Waals surface area (Å²) in [5.74, 6) is 0.00499. The molecule has 9 nitrogen and oxygen atoms in total. The number of nitrogens with zero attached hydrogens (tertiary/aromatic N) is 5. The molecular formula is C28H31ClFN7O2. The predicted molar refractivity (Wildman–Crippen MR) is 149 cm³/mol. The molecule has 0 aliphatic carbocycles. The Morgan fingerprint density at radius 3 is 2.69 bits per heavy atom. The Bertz CT molecular complexity index is 1440. The van der Waals surface area contributed by atoms with Crippen LogP contribution in [0.4, 0.5) is 15.0 Å². The first-order valence-corrected chi connectivity index (χ1v) is 13.1. The number of halogens is 2. The maximum absolute atomic E-state index is 14.2. The maximum Gasteiger partial charge on any atom is 0.320 e. The van der Waals surface area contributed by atoms with Gasteiger partial charge < -0.3 is 10.1 Å². The molecule has 11 heteroatoms. The molecule has 3 heterocycles. The number of anilines is 1. The van der Waals surface area contributed by atoms with Crippen molar-refractivity contribution < 1.29 is 13.9 Å². The Morgan fingerprint density at radius 2 is 2.00 bits per heavy atom. The number of ether oxygens (including phenoxy) is 1. The van der Waals surface area contributed by atoms with Crippen LogP contribution in [-0.4, -0.2) is 69.9 Å². The van der Waals surface area contributed by atoms with Crippen molar-refractivity contribution in [1.29, 1.82) is 0 Å². The molecule has 2 N–H and O–H groups in total. The van der Waals surface area contributed by atoms with Crippen molar-refractivity contribution in [2.24, 2.45) is 7.05 Å². The number of amides is 2. The van der Waals surface area contributed by atoms with E-state index in [1.807, 2.05) is 50.5 Å². The van der Waals surface area contributed by atoms with Crippen LogP contribution in [0.15, 0.2) is 60.9 Å². The van der Waals surface area contributed by atoms with E-state index in [-0.39, 0.29) is 18.0 Å². The molecule has 204 valence electrons. The number of carbonyl (C=O) groups excluding carboxylic acids is 1. The Kier molecular flexibility index (Phi) is 7.97. The summed E-state index contributed by atoms with van der Waals surface area (Å²) in [6.07, 6.45) is 3.63. The summed E-state index contributed by atoms with van der Waals surface area (Å²) in [6.45, 7) is 4.41. The lowest BCUT2D eigenvalue weighted by Gasteiger charge is -2.21. The zero-order valence-corrected chi connectivity index (χ0v) is 22.8. The van der Waals surface area contributed by atoms with E-state index in [0.29, 0.717) is 37.1 Å². The van der Waals surface area contributed by atoms with Crippen molar-refractivity contribution in [2.45, 2.75) is 18.9 Å². The smallest absolute Gasteiger partial charge is 0.320 e. The van der Waals surface area contributed by atoms with Gasteiger partial charge in [-0.25, -0.2) is 13.9 Å². The summed E-state index contributed by atoms with van der Waals surface area (Å²) >= 11 is 6.17. The second kappa shape index (κ2) is 11.6. The zero-order chi connectivity index (χ0) is 27.5. The summed E-state index contributed by atoms with van der Waals surface area (Å²) in [4.78, 5) is 15.7. The maximum atomic E-state index is 14.2. The third-order valence-electron chi connectivity index (χ3n) is 6.97. The molecule has 1 fully saturated rings. The first-order valence-electron chi connectivity index (χ1n) is 12.7. The van der Waals surface area contributed by atoms with Gasteiger partial charge in [0.15, 0.2) is 0 Å². The second-order valence-corrected chi connectivity index (χ2v) is 10.2. The predicted octanol–water partition coefficient (Wildman–Crippen LogP) is 4.61. The first-order chi connectivity index (χ1) is 18.8. The average molecular weight is 552 g/mol. The van der Waals surface area contributed by atoms with Crippen molar-refractivity contribution in [3.8, 4) is 16.9 Å². The molecule has 1 saturated heterocycles. The van der Waals surface area contributed by atoms with Gasteiger partial charge in [0.2, 0.25) is 0 Å². The van der Waals surface area contributed by atoms with Crippen molar-refractivity contribution in [2.75, 3.05) is 38.7 Å². The molecule has 0 spiro atoms. The fourth-order valence-electron chi connectivity index (χ4n) is 5.09. The number of aryl methyl sites for hydroxylation is 1. The van der Waals surface area contributed by atoms with Gasteiger partial charge >= 0.3 is 6.03 Å². The Balaban J connectivity index is 1.42. The Hall–Kier alpha value is -3.73. The quantitative estimate of drug-likeness (QED) is 0.334. The van der Waals surface area contributed by atoms with Crippen LogP contribution in [0.2, 0.25) is 5.02 Å². The minimum atomic E-state index is -0.402. The number of benzene rings is 2. The molecule has 1 aliphatic heterocycles. The monoisotopic (exact) mass is 551 g/mol. The van der Waals surface area contributed by atoms with Crippen LogP contribution in [0.5, 0.6) is 0 Å². The summed E-state index contributed by atoms with van der Waals surface area (Å²) in [6, 6.07) is 13.5. The average Bonchev–Trinajstić information content (AvgIpc) is 3.60. The van der Waals surface area contributed by atoms with E-state index in [4.69, 9.17) is 21.4 Å². The molecule has 2 amide bonds. The van der Waals surface area contributed by atoms with Gasteiger partial charge in [-0.2, -0.15) is 10.2 Å². The van der Waals surface area contributed by atoms with Crippen molar-refractivity contribution >= 4 is 23.4 Å². The van der Waals surface area contributed by atoms with Gasteiger partial charge in [0.25, 0.3) is 0 Å². The van der Waals surface area contributed by atoms with E-state index in [2.05, 4.69) is 20.6 Å². The molecule has 0 unspecified atom stereocenters. The second-order valence-electron chi connectivity index (χ2n) is 9.74. The lowest BCUT2D eigenvalue weighted by molar-refractivity contribution is 0.159. The molecule has 5 rings (SSSR count). The number of aromatic nitrogens is 4. The summed E-state index contributed by atoms with van der Waals surface area (Å²) < 4.78 is 22.9. The topological polar surface area (TPSA) is 89.2 Å². The third-order valence-corrected chi connectivity index (χ3v) is 7.19. The van der Waals surface area contributed by atoms with Crippen LogP contribution < -0.4 is 10.6 Å². The highest BCUT2D eigenvalue weighted by Crippen LogP contribution is 2.32. The minimum Gasteiger partial charge on any atom is -0.383 e. The molecule has 1 aliphatic rings. The molecule has 0 bridgehead atoms. The number of carbonyl (C=O) groups is 1. The van der Waals surface area contributed by atoms with E-state index in [1.54, 1.807) is 28.7 Å². The number of hydrogen-bond donors (Lipinski definition) is 2. The fraction of sp³-hybridized carbons (Fsp3) is 0.321. The summed E-state index contributed by atoms with van der Waals surface area (Å²) in [5, 5.41) is 15.6. The number of nitrogens with one attached hydrogen (secondary N) is 2. The van der Waals surface area contributed by atoms with Gasteiger partial charge in [0, 0.05) is 62.1 Å². The molecule has 2 aromatic heterocycles. The number of likely N-dealkylation sites (tertiary alicyclic amines) is 1. The number of rotatable bonds is 8. The highest BCUT2D eigenvalue weighted by Gasteiger charge is 2.35. The Morgan fingerprint density at radius 1 is 1.21 bits per heavy atom. The van der Waals surface area contributed by atoms with E-state index in [9.17, 15) is 9.18 Å². The summed E-state index contributed by atoms with van der Waals surface area (Å²) in [5.41, 5.74) is 3.94. The van der Waals surface area contributed by atoms with Crippen LogP contribution in [0.25, 0.3) is 16.9 Å². The molecule has 2 aromatic carbocycles. The van der Waals surface area contributed by atoms with Gasteiger partial charge in [0.05, 0.1) is 24.5 Å². The van der Waals surface area contributed by atoms with Gasteiger partial charge in [-0.3, -0.25) is 14.9 Å².